The number of hydrogen-bond acceptors (Lipinski definition) is 6. The number of amides is 2. The maximum atomic E-state index is 14.6. The first-order valence-corrected chi connectivity index (χ1v) is 17.0. The van der Waals surface area contributed by atoms with Crippen molar-refractivity contribution in [3.05, 3.63) is 118 Å². The summed E-state index contributed by atoms with van der Waals surface area (Å²) in [5.41, 5.74) is 2.61. The van der Waals surface area contributed by atoms with Crippen LogP contribution in [0.1, 0.15) is 23.6 Å². The highest BCUT2D eigenvalue weighted by Crippen LogP contribution is 2.36. The summed E-state index contributed by atoms with van der Waals surface area (Å²) in [6.45, 7) is 3.47. The number of likely N-dealkylation sites (N-methyl/N-ethyl adjacent to an activating group) is 1. The van der Waals surface area contributed by atoms with Crippen LogP contribution in [0.4, 0.5) is 5.69 Å². The fraction of sp³-hybridized carbons (Fsp3) is 0.257. The largest absolute Gasteiger partial charge is 0.497 e. The van der Waals surface area contributed by atoms with Gasteiger partial charge in [-0.2, -0.15) is 0 Å². The first-order valence-electron chi connectivity index (χ1n) is 14.7. The molecule has 0 aliphatic carbocycles. The molecule has 2 amide bonds. The van der Waals surface area contributed by atoms with Crippen LogP contribution in [0, 0.1) is 6.92 Å². The van der Waals surface area contributed by atoms with E-state index in [-0.39, 0.29) is 35.2 Å². The van der Waals surface area contributed by atoms with Crippen LogP contribution in [0.15, 0.2) is 106 Å². The van der Waals surface area contributed by atoms with Gasteiger partial charge in [0.05, 0.1) is 24.8 Å². The van der Waals surface area contributed by atoms with Gasteiger partial charge >= 0.3 is 0 Å². The van der Waals surface area contributed by atoms with Crippen molar-refractivity contribution in [2.75, 3.05) is 31.6 Å². The van der Waals surface area contributed by atoms with Crippen molar-refractivity contribution in [2.45, 2.75) is 37.8 Å². The van der Waals surface area contributed by atoms with Gasteiger partial charge in [0, 0.05) is 30.0 Å². The molecule has 0 radical (unpaired) electrons. The minimum atomic E-state index is -4.31. The fourth-order valence-electron chi connectivity index (χ4n) is 5.02. The standard InChI is InChI=1S/C35H38BrN3O6S/c1-5-37-35(41)32(21-26-10-7-6-8-11-26)38(23-27-12-9-13-28(36)20-27)34(40)24-39(31-22-29(44-3)16-19-33(31)45-4)46(42,43)30-17-14-25(2)15-18-30/h6-20,22,32H,5,21,23-24H2,1-4H3,(H,37,41). The average Bonchev–Trinajstić information content (AvgIpc) is 3.05. The number of methoxy groups -OCH3 is 2. The van der Waals surface area contributed by atoms with E-state index in [1.54, 1.807) is 24.3 Å². The summed E-state index contributed by atoms with van der Waals surface area (Å²) in [7, 11) is -1.42. The van der Waals surface area contributed by atoms with Crippen molar-refractivity contribution in [3.63, 3.8) is 0 Å². The molecule has 0 spiro atoms. The minimum absolute atomic E-state index is 0.00104. The molecule has 0 bridgehead atoms. The number of anilines is 1. The van der Waals surface area contributed by atoms with Crippen LogP contribution >= 0.6 is 15.9 Å². The maximum absolute atomic E-state index is 14.6. The Morgan fingerprint density at radius 3 is 2.20 bits per heavy atom. The molecule has 0 aliphatic heterocycles. The van der Waals surface area contributed by atoms with Crippen LogP contribution in [0.5, 0.6) is 11.5 Å². The fourth-order valence-corrected chi connectivity index (χ4v) is 6.88. The van der Waals surface area contributed by atoms with E-state index in [1.807, 2.05) is 68.4 Å². The normalized spacial score (nSPS) is 11.8. The number of hydrogen-bond donors (Lipinski definition) is 1. The topological polar surface area (TPSA) is 105 Å². The number of carbonyl (C=O) groups is 2. The van der Waals surface area contributed by atoms with E-state index < -0.39 is 28.5 Å². The molecular weight excluding hydrogens is 670 g/mol. The van der Waals surface area contributed by atoms with E-state index in [9.17, 15) is 18.0 Å². The molecule has 242 valence electrons. The number of nitrogens with zero attached hydrogens (tertiary/aromatic N) is 2. The molecule has 46 heavy (non-hydrogen) atoms. The monoisotopic (exact) mass is 707 g/mol. The summed E-state index contributed by atoms with van der Waals surface area (Å²) in [5.74, 6) is -0.315. The molecule has 0 saturated carbocycles. The van der Waals surface area contributed by atoms with Crippen molar-refractivity contribution in [1.29, 1.82) is 0 Å². The quantitative estimate of drug-likeness (QED) is 0.179. The Morgan fingerprint density at radius 1 is 0.870 bits per heavy atom. The van der Waals surface area contributed by atoms with Gasteiger partial charge in [-0.3, -0.25) is 13.9 Å². The highest BCUT2D eigenvalue weighted by molar-refractivity contribution is 9.10. The van der Waals surface area contributed by atoms with Crippen molar-refractivity contribution in [3.8, 4) is 11.5 Å². The molecular formula is C35H38BrN3O6S. The van der Waals surface area contributed by atoms with E-state index in [0.29, 0.717) is 12.3 Å². The van der Waals surface area contributed by atoms with Crippen LogP contribution < -0.4 is 19.1 Å². The van der Waals surface area contributed by atoms with Gasteiger partial charge in [-0.1, -0.05) is 76.1 Å². The molecule has 9 nitrogen and oxygen atoms in total. The number of sulfonamides is 1. The van der Waals surface area contributed by atoms with Crippen molar-refractivity contribution in [2.24, 2.45) is 0 Å². The molecule has 4 rings (SSSR count). The minimum Gasteiger partial charge on any atom is -0.497 e. The van der Waals surface area contributed by atoms with E-state index in [2.05, 4.69) is 21.2 Å². The van der Waals surface area contributed by atoms with Gasteiger partial charge in [0.25, 0.3) is 10.0 Å². The molecule has 0 heterocycles. The number of ether oxygens (including phenoxy) is 2. The summed E-state index contributed by atoms with van der Waals surface area (Å²) in [6.07, 6.45) is 0.222. The number of nitrogens with one attached hydrogen (secondary N) is 1. The molecule has 0 saturated heterocycles. The van der Waals surface area contributed by atoms with Gasteiger partial charge < -0.3 is 19.7 Å². The third-order valence-corrected chi connectivity index (χ3v) is 9.67. The first kappa shape index (κ1) is 34.5. The summed E-state index contributed by atoms with van der Waals surface area (Å²) in [6, 6.07) is 27.0. The van der Waals surface area contributed by atoms with Crippen LogP contribution in [0.25, 0.3) is 0 Å². The Kier molecular flexibility index (Phi) is 11.8. The molecule has 0 fully saturated rings. The molecule has 1 N–H and O–H groups in total. The van der Waals surface area contributed by atoms with Crippen molar-refractivity contribution in [1.82, 2.24) is 10.2 Å². The number of aryl methyl sites for hydroxylation is 1. The summed E-state index contributed by atoms with van der Waals surface area (Å²) in [5, 5.41) is 2.87. The second kappa shape index (κ2) is 15.8. The van der Waals surface area contributed by atoms with Crippen molar-refractivity contribution < 1.29 is 27.5 Å². The Bertz CT molecular complexity index is 1750. The van der Waals surface area contributed by atoms with Gasteiger partial charge in [-0.25, -0.2) is 8.42 Å². The zero-order chi connectivity index (χ0) is 33.3. The van der Waals surface area contributed by atoms with E-state index in [1.165, 1.54) is 37.3 Å². The predicted octanol–water partition coefficient (Wildman–Crippen LogP) is 5.75. The number of rotatable bonds is 14. The summed E-state index contributed by atoms with van der Waals surface area (Å²) in [4.78, 5) is 29.7. The number of carbonyl (C=O) groups excluding carboxylic acids is 2. The van der Waals surface area contributed by atoms with Crippen LogP contribution in [-0.2, 0) is 32.6 Å². The molecule has 0 aliphatic rings. The summed E-state index contributed by atoms with van der Waals surface area (Å²) >= 11 is 3.50. The highest BCUT2D eigenvalue weighted by atomic mass is 79.9. The molecule has 1 atom stereocenters. The number of halogens is 1. The van der Waals surface area contributed by atoms with E-state index in [4.69, 9.17) is 9.47 Å². The summed E-state index contributed by atoms with van der Waals surface area (Å²) < 4.78 is 41.5. The van der Waals surface area contributed by atoms with Crippen LogP contribution in [-0.4, -0.2) is 58.5 Å². The van der Waals surface area contributed by atoms with Gasteiger partial charge in [0.1, 0.15) is 24.1 Å². The van der Waals surface area contributed by atoms with Gasteiger partial charge in [-0.15, -0.1) is 0 Å². The second-order valence-electron chi connectivity index (χ2n) is 10.6. The Morgan fingerprint density at radius 2 is 1.57 bits per heavy atom. The molecule has 1 unspecified atom stereocenters. The SMILES string of the molecule is CCNC(=O)C(Cc1ccccc1)N(Cc1cccc(Br)c1)C(=O)CN(c1cc(OC)ccc1OC)S(=O)(=O)c1ccc(C)cc1. The number of benzene rings is 4. The van der Waals surface area contributed by atoms with E-state index in [0.717, 1.165) is 25.5 Å². The van der Waals surface area contributed by atoms with Crippen LogP contribution in [0.2, 0.25) is 0 Å². The van der Waals surface area contributed by atoms with Gasteiger partial charge in [0.2, 0.25) is 11.8 Å². The average molecular weight is 709 g/mol. The zero-order valence-corrected chi connectivity index (χ0v) is 28.7. The lowest BCUT2D eigenvalue weighted by molar-refractivity contribution is -0.140. The van der Waals surface area contributed by atoms with Gasteiger partial charge in [0.15, 0.2) is 0 Å². The third-order valence-electron chi connectivity index (χ3n) is 7.41. The Balaban J connectivity index is 1.86. The Hall–Kier alpha value is -4.35. The smallest absolute Gasteiger partial charge is 0.264 e. The second-order valence-corrected chi connectivity index (χ2v) is 13.4. The molecule has 4 aromatic rings. The third kappa shape index (κ3) is 8.46. The molecule has 0 aromatic heterocycles. The maximum Gasteiger partial charge on any atom is 0.264 e. The predicted molar refractivity (Wildman–Crippen MR) is 183 cm³/mol. The van der Waals surface area contributed by atoms with Gasteiger partial charge in [-0.05, 0) is 61.4 Å². The van der Waals surface area contributed by atoms with E-state index >= 15 is 0 Å². The lowest BCUT2D eigenvalue weighted by atomic mass is 10.0. The lowest BCUT2D eigenvalue weighted by Crippen LogP contribution is -2.53. The molecule has 11 heteroatoms. The molecule has 4 aromatic carbocycles. The van der Waals surface area contributed by atoms with Crippen molar-refractivity contribution >= 4 is 43.5 Å². The lowest BCUT2D eigenvalue weighted by Gasteiger charge is -2.34. The first-order chi connectivity index (χ1) is 22.1. The zero-order valence-electron chi connectivity index (χ0n) is 26.3. The highest BCUT2D eigenvalue weighted by Gasteiger charge is 2.35. The van der Waals surface area contributed by atoms with Crippen LogP contribution in [0.3, 0.4) is 0 Å². The Labute approximate surface area is 279 Å².